The second kappa shape index (κ2) is 6.65. The third-order valence-electron chi connectivity index (χ3n) is 0.414. The number of nitrogens with one attached hydrogen (secondary N) is 1. The van der Waals surface area contributed by atoms with E-state index in [2.05, 4.69) is 5.32 Å². The SMILES string of the molecule is CNC[I-]COC. The fraction of sp³-hybridized carbons (Fsp3) is 1.00. The fourth-order valence-corrected chi connectivity index (χ4v) is 1.41. The molecule has 0 amide bonds. The fourth-order valence-electron chi connectivity index (χ4n) is 0.210. The molecule has 0 aromatic heterocycles. The van der Waals surface area contributed by atoms with Gasteiger partial charge in [0.1, 0.15) is 0 Å². The van der Waals surface area contributed by atoms with Gasteiger partial charge in [-0.05, 0) is 0 Å². The van der Waals surface area contributed by atoms with Crippen molar-refractivity contribution >= 4 is 0 Å². The Morgan fingerprint density at radius 3 is 2.86 bits per heavy atom. The molecule has 0 saturated carbocycles. The summed E-state index contributed by atoms with van der Waals surface area (Å²) in [6.07, 6.45) is 0. The van der Waals surface area contributed by atoms with E-state index in [1.807, 2.05) is 7.05 Å². The van der Waals surface area contributed by atoms with E-state index >= 15 is 0 Å². The summed E-state index contributed by atoms with van der Waals surface area (Å²) >= 11 is 0.291. The number of alkyl halides is 2. The summed E-state index contributed by atoms with van der Waals surface area (Å²) in [6.45, 7) is 0. The van der Waals surface area contributed by atoms with E-state index in [9.17, 15) is 0 Å². The Kier molecular flexibility index (Phi) is 7.27. The molecule has 3 heteroatoms. The van der Waals surface area contributed by atoms with Gasteiger partial charge in [0.2, 0.25) is 0 Å². The van der Waals surface area contributed by atoms with E-state index in [0.717, 1.165) is 9.17 Å². The van der Waals surface area contributed by atoms with Crippen LogP contribution in [0.3, 0.4) is 0 Å². The Hall–Kier alpha value is 0.650. The van der Waals surface area contributed by atoms with Crippen LogP contribution in [-0.4, -0.2) is 23.3 Å². The first-order valence-electron chi connectivity index (χ1n) is 2.08. The molecule has 1 N–H and O–H groups in total. The molecule has 0 bridgehead atoms. The predicted octanol–water partition coefficient (Wildman–Crippen LogP) is -3.14. The van der Waals surface area contributed by atoms with Gasteiger partial charge in [-0.25, -0.2) is 0 Å². The number of rotatable bonds is 4. The summed E-state index contributed by atoms with van der Waals surface area (Å²) in [5.41, 5.74) is 0. The van der Waals surface area contributed by atoms with E-state index in [4.69, 9.17) is 4.74 Å². The summed E-state index contributed by atoms with van der Waals surface area (Å²) in [5, 5.41) is 3.07. The molecule has 0 aliphatic carbocycles. The summed E-state index contributed by atoms with van der Waals surface area (Å²) in [5.74, 6) is 0. The second-order valence-corrected chi connectivity index (χ2v) is 3.54. The molecule has 7 heavy (non-hydrogen) atoms. The zero-order valence-corrected chi connectivity index (χ0v) is 6.86. The van der Waals surface area contributed by atoms with Crippen molar-refractivity contribution < 1.29 is 25.9 Å². The standard InChI is InChI=1S/C4H11INO/c1-6-3-5-4-7-2/h6H,3-4H2,1-2H3/q-1. The van der Waals surface area contributed by atoms with E-state index in [0.29, 0.717) is 21.2 Å². The predicted molar refractivity (Wildman–Crippen MR) is 25.8 cm³/mol. The molecule has 0 fully saturated rings. The summed E-state index contributed by atoms with van der Waals surface area (Å²) in [7, 11) is 3.71. The molecule has 0 radical (unpaired) electrons. The molecule has 0 aliphatic rings. The van der Waals surface area contributed by atoms with Gasteiger partial charge in [-0.15, -0.1) is 0 Å². The van der Waals surface area contributed by atoms with Crippen molar-refractivity contribution in [2.45, 2.75) is 0 Å². The van der Waals surface area contributed by atoms with E-state index in [-0.39, 0.29) is 0 Å². The van der Waals surface area contributed by atoms with Gasteiger partial charge in [-0.1, -0.05) is 0 Å². The molecular weight excluding hydrogens is 205 g/mol. The second-order valence-electron chi connectivity index (χ2n) is 1.07. The molecule has 2 nitrogen and oxygen atoms in total. The monoisotopic (exact) mass is 216 g/mol. The summed E-state index contributed by atoms with van der Waals surface area (Å²) in [4.78, 5) is 0. The van der Waals surface area contributed by atoms with Gasteiger partial charge in [0.05, 0.1) is 0 Å². The molecule has 0 atom stereocenters. The van der Waals surface area contributed by atoms with Crippen LogP contribution in [0, 0.1) is 0 Å². The summed E-state index contributed by atoms with van der Waals surface area (Å²) in [6, 6.07) is 0. The van der Waals surface area contributed by atoms with Crippen molar-refractivity contribution in [2.24, 2.45) is 0 Å². The van der Waals surface area contributed by atoms with Crippen LogP contribution in [0.1, 0.15) is 0 Å². The molecule has 0 aromatic rings. The van der Waals surface area contributed by atoms with Crippen LogP contribution < -0.4 is 26.5 Å². The van der Waals surface area contributed by atoms with Crippen LogP contribution in [0.4, 0.5) is 0 Å². The number of halogens is 1. The quantitative estimate of drug-likeness (QED) is 0.232. The van der Waals surface area contributed by atoms with Crippen molar-refractivity contribution in [3.8, 4) is 0 Å². The zero-order valence-electron chi connectivity index (χ0n) is 4.70. The van der Waals surface area contributed by atoms with Gasteiger partial charge in [0.15, 0.2) is 0 Å². The van der Waals surface area contributed by atoms with Crippen LogP contribution in [0.25, 0.3) is 0 Å². The van der Waals surface area contributed by atoms with Crippen molar-refractivity contribution in [1.82, 2.24) is 5.32 Å². The van der Waals surface area contributed by atoms with E-state index < -0.39 is 0 Å². The Morgan fingerprint density at radius 2 is 2.43 bits per heavy atom. The van der Waals surface area contributed by atoms with Crippen LogP contribution in [0.15, 0.2) is 0 Å². The van der Waals surface area contributed by atoms with Gasteiger partial charge in [0, 0.05) is 0 Å². The maximum absolute atomic E-state index is 4.85. The van der Waals surface area contributed by atoms with E-state index in [1.54, 1.807) is 7.11 Å². The number of ether oxygens (including phenoxy) is 1. The molecule has 0 unspecified atom stereocenters. The van der Waals surface area contributed by atoms with Gasteiger partial charge in [0.25, 0.3) is 0 Å². The molecule has 0 aliphatic heterocycles. The Morgan fingerprint density at radius 1 is 1.71 bits per heavy atom. The Balaban J connectivity index is 2.45. The van der Waals surface area contributed by atoms with E-state index in [1.165, 1.54) is 0 Å². The maximum atomic E-state index is 4.85. The third-order valence-corrected chi connectivity index (χ3v) is 2.78. The Labute approximate surface area is 54.9 Å². The molecule has 0 rings (SSSR count). The summed E-state index contributed by atoms with van der Waals surface area (Å²) < 4.78 is 6.98. The topological polar surface area (TPSA) is 21.3 Å². The minimum atomic E-state index is 0.291. The first kappa shape index (κ1) is 7.65. The van der Waals surface area contributed by atoms with Crippen LogP contribution >= 0.6 is 0 Å². The molecule has 0 spiro atoms. The van der Waals surface area contributed by atoms with Gasteiger partial charge < -0.3 is 0 Å². The number of hydrogen-bond donors (Lipinski definition) is 1. The molecule has 0 saturated heterocycles. The molecule has 46 valence electrons. The average Bonchev–Trinajstić information content (AvgIpc) is 1.69. The van der Waals surface area contributed by atoms with Crippen molar-refractivity contribution in [3.63, 3.8) is 0 Å². The van der Waals surface area contributed by atoms with Gasteiger partial charge >= 0.3 is 54.6 Å². The number of hydrogen-bond acceptors (Lipinski definition) is 2. The molecular formula is C4H11INO-. The molecule has 0 heterocycles. The minimum absolute atomic E-state index is 0.291. The number of methoxy groups -OCH3 is 1. The van der Waals surface area contributed by atoms with Crippen molar-refractivity contribution in [1.29, 1.82) is 0 Å². The van der Waals surface area contributed by atoms with Crippen LogP contribution in [0.2, 0.25) is 0 Å². The van der Waals surface area contributed by atoms with Gasteiger partial charge in [-0.2, -0.15) is 0 Å². The van der Waals surface area contributed by atoms with Crippen molar-refractivity contribution in [3.05, 3.63) is 0 Å². The van der Waals surface area contributed by atoms with Crippen LogP contribution in [-0.2, 0) is 4.74 Å². The molecule has 0 aromatic carbocycles. The first-order valence-corrected chi connectivity index (χ1v) is 5.14. The Bertz CT molecular complexity index is 30.9. The third kappa shape index (κ3) is 6.65. The van der Waals surface area contributed by atoms with Crippen molar-refractivity contribution in [2.75, 3.05) is 23.3 Å². The van der Waals surface area contributed by atoms with Crippen LogP contribution in [0.5, 0.6) is 0 Å². The average molecular weight is 216 g/mol. The van der Waals surface area contributed by atoms with Gasteiger partial charge in [-0.3, -0.25) is 0 Å². The zero-order chi connectivity index (χ0) is 5.54. The first-order chi connectivity index (χ1) is 3.41. The normalized spacial score (nSPS) is 10.0.